The number of hydrogen-bond acceptors (Lipinski definition) is 4. The topological polar surface area (TPSA) is 65.2 Å². The van der Waals surface area contributed by atoms with Crippen LogP contribution in [0.5, 0.6) is 11.5 Å². The molecule has 11 rings (SSSR count). The van der Waals surface area contributed by atoms with Crippen molar-refractivity contribution >= 4 is 63.3 Å². The second-order valence-corrected chi connectivity index (χ2v) is 19.8. The Kier molecular flexibility index (Phi) is 13.4. The van der Waals surface area contributed by atoms with E-state index in [1.165, 1.54) is 0 Å². The van der Waals surface area contributed by atoms with Crippen molar-refractivity contribution in [1.82, 2.24) is 0 Å². The first kappa shape index (κ1) is 49.7. The standard InChI is InChI=1S/C60H46N2O2.F6P.Mn/c63-56-36-52(57-45-24-10-7-21-41(45)31-33-48(57)39-17-3-1-4-18-39)50-27-13-14-28-51(50)53(56)38-62-55-30-16-15-29-54(55)61-37-44-35-43-23-9-12-26-47(43)59(60(44)64)58-46-25-11-8-22-42(46)32-34-49(58)40-19-5-2-6-20-40;1-7(2,3,4,5)6;/h1-14,17-28,31-38,54-55,63-64H,15-16,29-30H2;;/q;-1;/t54-,55-;;/m0../s1. The molecule has 2 N–H and O–H groups in total. The Morgan fingerprint density at radius 2 is 0.833 bits per heavy atom. The molecule has 12 heteroatoms. The zero-order valence-electron chi connectivity index (χ0n) is 38.5. The number of aromatic hydroxyl groups is 2. The average molecular weight is 1030 g/mol. The largest absolute Gasteiger partial charge is 0.507 e. The average Bonchev–Trinajstić information content (AvgIpc) is 3.37. The molecular weight excluding hydrogens is 981 g/mol. The van der Waals surface area contributed by atoms with Gasteiger partial charge in [-0.25, -0.2) is 0 Å². The van der Waals surface area contributed by atoms with Gasteiger partial charge in [0.05, 0.1) is 12.1 Å². The molecule has 0 bridgehead atoms. The number of benzene rings is 10. The first-order valence-electron chi connectivity index (χ1n) is 23.3. The molecular formula is C60H46F6MnN2O2P-. The van der Waals surface area contributed by atoms with E-state index in [1.54, 1.807) is 0 Å². The summed E-state index contributed by atoms with van der Waals surface area (Å²) < 4.78 is 59.2. The molecule has 0 spiro atoms. The fourth-order valence-corrected chi connectivity index (χ4v) is 10.0. The Hall–Kier alpha value is -7.29. The predicted molar refractivity (Wildman–Crippen MR) is 283 cm³/mol. The molecule has 4 nitrogen and oxygen atoms in total. The molecule has 1 aliphatic carbocycles. The SMILES string of the molecule is F[P-](F)(F)(F)(F)F.Oc1cc(-c2c(-c3ccccc3)ccc3ccccc23)c2ccccc2c1C=N[C@H]1CCCC[C@@H]1N=Cc1cc2ccccc2c(-c2c(-c3ccccc3)ccc3ccccc23)c1O.[Mn]. The third kappa shape index (κ3) is 10.9. The predicted octanol–water partition coefficient (Wildman–Crippen LogP) is 18.6. The van der Waals surface area contributed by atoms with Crippen LogP contribution in [-0.2, 0) is 17.1 Å². The van der Waals surface area contributed by atoms with Crippen molar-refractivity contribution in [3.8, 4) is 56.0 Å². The summed E-state index contributed by atoms with van der Waals surface area (Å²) in [6, 6.07) is 66.9. The molecule has 0 saturated heterocycles. The fraction of sp³-hybridized carbons (Fsp3) is 0.100. The van der Waals surface area contributed by atoms with Crippen LogP contribution in [0.1, 0.15) is 36.8 Å². The van der Waals surface area contributed by atoms with E-state index in [0.29, 0.717) is 11.1 Å². The summed E-state index contributed by atoms with van der Waals surface area (Å²) in [5.41, 5.74) is 9.66. The molecule has 10 aromatic carbocycles. The van der Waals surface area contributed by atoms with Crippen LogP contribution in [0.4, 0.5) is 25.2 Å². The Labute approximate surface area is 422 Å². The van der Waals surface area contributed by atoms with Crippen LogP contribution in [0.15, 0.2) is 204 Å². The summed E-state index contributed by atoms with van der Waals surface area (Å²) in [4.78, 5) is 10.5. The third-order valence-electron chi connectivity index (χ3n) is 13.2. The Morgan fingerprint density at radius 1 is 0.417 bits per heavy atom. The zero-order chi connectivity index (χ0) is 49.4. The number of aliphatic imine (C=N–C) groups is 2. The third-order valence-corrected chi connectivity index (χ3v) is 13.2. The smallest absolute Gasteiger partial charge is 0.132 e. The molecule has 1 aliphatic rings. The van der Waals surface area contributed by atoms with Crippen molar-refractivity contribution in [2.75, 3.05) is 0 Å². The van der Waals surface area contributed by atoms with E-state index < -0.39 is 7.81 Å². The molecule has 0 heterocycles. The fourth-order valence-electron chi connectivity index (χ4n) is 10.0. The minimum atomic E-state index is -10.7. The number of rotatable bonds is 8. The van der Waals surface area contributed by atoms with E-state index in [1.807, 2.05) is 48.8 Å². The van der Waals surface area contributed by atoms with Crippen LogP contribution in [0.25, 0.3) is 87.6 Å². The number of halogens is 6. The Morgan fingerprint density at radius 3 is 1.38 bits per heavy atom. The van der Waals surface area contributed by atoms with Gasteiger partial charge in [0, 0.05) is 51.8 Å². The second-order valence-electron chi connectivity index (χ2n) is 17.9. The van der Waals surface area contributed by atoms with Crippen molar-refractivity contribution in [3.05, 3.63) is 205 Å². The van der Waals surface area contributed by atoms with Gasteiger partial charge in [-0.1, -0.05) is 195 Å². The molecule has 0 aliphatic heterocycles. The Bertz CT molecular complexity index is 3690. The maximum atomic E-state index is 12.4. The molecule has 363 valence electrons. The minimum Gasteiger partial charge on any atom is -0.507 e. The Balaban J connectivity index is 0.000000747. The molecule has 1 fully saturated rings. The van der Waals surface area contributed by atoms with Crippen molar-refractivity contribution in [2.24, 2.45) is 9.98 Å². The van der Waals surface area contributed by atoms with Crippen molar-refractivity contribution in [1.29, 1.82) is 0 Å². The van der Waals surface area contributed by atoms with E-state index in [4.69, 9.17) is 9.98 Å². The second kappa shape index (κ2) is 19.4. The van der Waals surface area contributed by atoms with Gasteiger partial charge in [-0.3, -0.25) is 9.98 Å². The van der Waals surface area contributed by atoms with Gasteiger partial charge in [0.2, 0.25) is 0 Å². The maximum Gasteiger partial charge on any atom is 0.132 e. The number of fused-ring (bicyclic) bond motifs is 4. The van der Waals surface area contributed by atoms with E-state index in [9.17, 15) is 35.4 Å². The van der Waals surface area contributed by atoms with Crippen molar-refractivity contribution in [3.63, 3.8) is 0 Å². The minimum absolute atomic E-state index is 0. The summed E-state index contributed by atoms with van der Waals surface area (Å²) >= 11 is 0. The van der Waals surface area contributed by atoms with Crippen LogP contribution < -0.4 is 0 Å². The molecule has 0 amide bonds. The number of phenolic OH excluding ortho intramolecular Hbond substituents is 2. The van der Waals surface area contributed by atoms with E-state index in [0.717, 1.165) is 113 Å². The summed E-state index contributed by atoms with van der Waals surface area (Å²) in [5, 5.41) is 32.9. The monoisotopic (exact) mass is 1030 g/mol. The van der Waals surface area contributed by atoms with Crippen LogP contribution in [0.2, 0.25) is 0 Å². The molecule has 10 aromatic rings. The van der Waals surface area contributed by atoms with Gasteiger partial charge in [0.25, 0.3) is 0 Å². The van der Waals surface area contributed by atoms with Crippen LogP contribution in [0, 0.1) is 0 Å². The summed E-state index contributed by atoms with van der Waals surface area (Å²) in [5.74, 6) is 0.405. The van der Waals surface area contributed by atoms with Crippen molar-refractivity contribution < 1.29 is 52.5 Å². The molecule has 72 heavy (non-hydrogen) atoms. The first-order valence-corrected chi connectivity index (χ1v) is 25.4. The number of phenols is 2. The summed E-state index contributed by atoms with van der Waals surface area (Å²) in [6.07, 6.45) is 7.62. The van der Waals surface area contributed by atoms with E-state index in [-0.39, 0.29) is 40.7 Å². The normalized spacial score (nSPS) is 16.1. The van der Waals surface area contributed by atoms with Crippen molar-refractivity contribution in [2.45, 2.75) is 37.8 Å². The van der Waals surface area contributed by atoms with Gasteiger partial charge >= 0.3 is 33.0 Å². The molecule has 0 aromatic heterocycles. The van der Waals surface area contributed by atoms with Crippen LogP contribution in [-0.4, -0.2) is 34.7 Å². The quantitative estimate of drug-likeness (QED) is 0.0689. The summed E-state index contributed by atoms with van der Waals surface area (Å²) in [7, 11) is -10.7. The van der Waals surface area contributed by atoms with Gasteiger partial charge in [0.1, 0.15) is 11.5 Å². The van der Waals surface area contributed by atoms with Gasteiger partial charge in [0.15, 0.2) is 0 Å². The molecule has 2 atom stereocenters. The zero-order valence-corrected chi connectivity index (χ0v) is 40.6. The van der Waals surface area contributed by atoms with E-state index >= 15 is 0 Å². The van der Waals surface area contributed by atoms with Gasteiger partial charge in [-0.15, -0.1) is 0 Å². The summed E-state index contributed by atoms with van der Waals surface area (Å²) in [6.45, 7) is 0. The van der Waals surface area contributed by atoms with Gasteiger partial charge in [-0.2, -0.15) is 0 Å². The van der Waals surface area contributed by atoms with Crippen LogP contribution >= 0.6 is 7.81 Å². The van der Waals surface area contributed by atoms with Crippen LogP contribution in [0.3, 0.4) is 0 Å². The molecule has 1 saturated carbocycles. The molecule has 1 radical (unpaired) electrons. The first-order chi connectivity index (χ1) is 34.1. The van der Waals surface area contributed by atoms with E-state index in [2.05, 4.69) is 158 Å². The number of hydrogen-bond donors (Lipinski definition) is 2. The van der Waals surface area contributed by atoms with Gasteiger partial charge in [-0.05, 0) is 101 Å². The number of nitrogens with zero attached hydrogens (tertiary/aromatic N) is 2. The van der Waals surface area contributed by atoms with Gasteiger partial charge < -0.3 is 10.2 Å². The maximum absolute atomic E-state index is 12.4. The molecule has 0 unspecified atom stereocenters.